The predicted molar refractivity (Wildman–Crippen MR) is 140 cm³/mol. The van der Waals surface area contributed by atoms with Gasteiger partial charge in [0.2, 0.25) is 0 Å². The largest absolute Gasteiger partial charge is 0.331 e. The highest BCUT2D eigenvalue weighted by Gasteiger charge is 2.05. The van der Waals surface area contributed by atoms with Crippen molar-refractivity contribution in [3.05, 3.63) is 90.3 Å². The predicted octanol–water partition coefficient (Wildman–Crippen LogP) is 4.50. The summed E-state index contributed by atoms with van der Waals surface area (Å²) in [6.45, 7) is 3.71. The molecule has 0 unspecified atom stereocenters. The molecule has 32 heavy (non-hydrogen) atoms. The van der Waals surface area contributed by atoms with Gasteiger partial charge in [-0.15, -0.1) is 0 Å². The first-order valence-corrected chi connectivity index (χ1v) is 10.6. The SMILES string of the molecule is C/C(=N\NC(=S)Nc1ccccc1)c1cccc(/C(C)=N/NC(=S)Nc2ccccc2)n1. The molecule has 0 aliphatic carbocycles. The summed E-state index contributed by atoms with van der Waals surface area (Å²) in [7, 11) is 0. The quantitative estimate of drug-likeness (QED) is 0.244. The molecule has 0 saturated heterocycles. The second kappa shape index (κ2) is 11.6. The van der Waals surface area contributed by atoms with Crippen LogP contribution in [0.25, 0.3) is 0 Å². The Morgan fingerprint density at radius 1 is 0.625 bits per heavy atom. The van der Waals surface area contributed by atoms with Gasteiger partial charge in [-0.25, -0.2) is 4.98 Å². The summed E-state index contributed by atoms with van der Waals surface area (Å²) in [5, 5.41) is 15.6. The van der Waals surface area contributed by atoms with Gasteiger partial charge in [-0.05, 0) is 74.7 Å². The van der Waals surface area contributed by atoms with Crippen LogP contribution in [-0.4, -0.2) is 26.6 Å². The van der Waals surface area contributed by atoms with Gasteiger partial charge < -0.3 is 10.6 Å². The minimum atomic E-state index is 0.396. The maximum Gasteiger partial charge on any atom is 0.191 e. The third-order valence-electron chi connectivity index (χ3n) is 4.20. The van der Waals surface area contributed by atoms with Gasteiger partial charge in [-0.3, -0.25) is 10.9 Å². The molecule has 4 N–H and O–H groups in total. The lowest BCUT2D eigenvalue weighted by atomic mass is 10.2. The molecule has 3 aromatic rings. The summed E-state index contributed by atoms with van der Waals surface area (Å²) in [6, 6.07) is 24.9. The molecule has 3 rings (SSSR count). The molecule has 7 nitrogen and oxygen atoms in total. The summed E-state index contributed by atoms with van der Waals surface area (Å²) in [5.74, 6) is 0. The Labute approximate surface area is 198 Å². The molecule has 162 valence electrons. The van der Waals surface area contributed by atoms with Crippen molar-refractivity contribution in [3.63, 3.8) is 0 Å². The van der Waals surface area contributed by atoms with E-state index in [1.807, 2.05) is 92.7 Å². The molecule has 0 saturated carbocycles. The van der Waals surface area contributed by atoms with Gasteiger partial charge in [-0.2, -0.15) is 10.2 Å². The maximum atomic E-state index is 5.28. The molecule has 0 atom stereocenters. The molecule has 9 heteroatoms. The topological polar surface area (TPSA) is 85.7 Å². The van der Waals surface area contributed by atoms with Crippen LogP contribution >= 0.6 is 24.4 Å². The molecule has 0 aliphatic rings. The fourth-order valence-corrected chi connectivity index (χ4v) is 2.91. The van der Waals surface area contributed by atoms with Gasteiger partial charge in [0, 0.05) is 11.4 Å². The van der Waals surface area contributed by atoms with E-state index in [0.717, 1.165) is 11.4 Å². The number of hydrazone groups is 2. The number of pyridine rings is 1. The van der Waals surface area contributed by atoms with E-state index in [1.165, 1.54) is 0 Å². The van der Waals surface area contributed by atoms with Gasteiger partial charge in [0.05, 0.1) is 22.8 Å². The van der Waals surface area contributed by atoms with Crippen LogP contribution in [0.5, 0.6) is 0 Å². The zero-order chi connectivity index (χ0) is 22.8. The minimum Gasteiger partial charge on any atom is -0.331 e. The van der Waals surface area contributed by atoms with E-state index in [2.05, 4.69) is 36.7 Å². The molecule has 1 aromatic heterocycles. The number of hydrogen-bond acceptors (Lipinski definition) is 5. The summed E-state index contributed by atoms with van der Waals surface area (Å²) in [4.78, 5) is 4.63. The highest BCUT2D eigenvalue weighted by atomic mass is 32.1. The van der Waals surface area contributed by atoms with Crippen LogP contribution in [0.2, 0.25) is 0 Å². The van der Waals surface area contributed by atoms with E-state index in [4.69, 9.17) is 24.4 Å². The van der Waals surface area contributed by atoms with Crippen molar-refractivity contribution < 1.29 is 0 Å². The van der Waals surface area contributed by atoms with Crippen LogP contribution in [0.1, 0.15) is 25.2 Å². The number of rotatable bonds is 6. The number of nitrogens with one attached hydrogen (secondary N) is 4. The second-order valence-electron chi connectivity index (χ2n) is 6.67. The lowest BCUT2D eigenvalue weighted by Crippen LogP contribution is -2.25. The lowest BCUT2D eigenvalue weighted by Gasteiger charge is -2.09. The van der Waals surface area contributed by atoms with Crippen LogP contribution in [0, 0.1) is 0 Å². The third kappa shape index (κ3) is 7.22. The van der Waals surface area contributed by atoms with Crippen molar-refractivity contribution in [3.8, 4) is 0 Å². The molecule has 2 aromatic carbocycles. The Balaban J connectivity index is 1.59. The summed E-state index contributed by atoms with van der Waals surface area (Å²) >= 11 is 10.6. The Kier molecular flexibility index (Phi) is 8.36. The molecule has 0 fully saturated rings. The molecule has 0 bridgehead atoms. The van der Waals surface area contributed by atoms with E-state index in [9.17, 15) is 0 Å². The normalized spacial score (nSPS) is 11.4. The van der Waals surface area contributed by atoms with E-state index in [1.54, 1.807) is 0 Å². The van der Waals surface area contributed by atoms with Crippen molar-refractivity contribution >= 4 is 57.5 Å². The molecule has 0 aliphatic heterocycles. The lowest BCUT2D eigenvalue weighted by molar-refractivity contribution is 1.02. The Bertz CT molecular complexity index is 1040. The molecule has 0 amide bonds. The molecule has 0 spiro atoms. The van der Waals surface area contributed by atoms with Crippen LogP contribution in [0.3, 0.4) is 0 Å². The van der Waals surface area contributed by atoms with Crippen LogP contribution in [0.15, 0.2) is 89.1 Å². The number of hydrogen-bond donors (Lipinski definition) is 4. The Morgan fingerprint density at radius 2 is 1.03 bits per heavy atom. The minimum absolute atomic E-state index is 0.396. The summed E-state index contributed by atoms with van der Waals surface area (Å²) in [5.41, 5.74) is 10.2. The molecule has 0 radical (unpaired) electrons. The van der Waals surface area contributed by atoms with Gasteiger partial charge >= 0.3 is 0 Å². The first-order chi connectivity index (χ1) is 15.5. The van der Waals surface area contributed by atoms with Crippen molar-refractivity contribution in [2.75, 3.05) is 10.6 Å². The van der Waals surface area contributed by atoms with Gasteiger partial charge in [0.1, 0.15) is 0 Å². The number of benzene rings is 2. The van der Waals surface area contributed by atoms with Crippen molar-refractivity contribution in [2.24, 2.45) is 10.2 Å². The Hall–Kier alpha value is -3.69. The first-order valence-electron chi connectivity index (χ1n) is 9.82. The fraction of sp³-hybridized carbons (Fsp3) is 0.0870. The number of para-hydroxylation sites is 2. The monoisotopic (exact) mass is 461 g/mol. The average Bonchev–Trinajstić information content (AvgIpc) is 2.82. The zero-order valence-electron chi connectivity index (χ0n) is 17.7. The van der Waals surface area contributed by atoms with Gasteiger partial charge in [-0.1, -0.05) is 42.5 Å². The number of nitrogens with zero attached hydrogens (tertiary/aromatic N) is 3. The van der Waals surface area contributed by atoms with Crippen molar-refractivity contribution in [1.29, 1.82) is 0 Å². The highest BCUT2D eigenvalue weighted by molar-refractivity contribution is 7.80. The van der Waals surface area contributed by atoms with Crippen LogP contribution < -0.4 is 21.5 Å². The number of thiocarbonyl (C=S) groups is 2. The summed E-state index contributed by atoms with van der Waals surface area (Å²) < 4.78 is 0. The maximum absolute atomic E-state index is 5.28. The number of aromatic nitrogens is 1. The van der Waals surface area contributed by atoms with Crippen LogP contribution in [-0.2, 0) is 0 Å². The highest BCUT2D eigenvalue weighted by Crippen LogP contribution is 2.06. The van der Waals surface area contributed by atoms with Crippen LogP contribution in [0.4, 0.5) is 11.4 Å². The van der Waals surface area contributed by atoms with E-state index >= 15 is 0 Å². The van der Waals surface area contributed by atoms with Crippen molar-refractivity contribution in [2.45, 2.75) is 13.8 Å². The summed E-state index contributed by atoms with van der Waals surface area (Å²) in [6.07, 6.45) is 0. The molecular weight excluding hydrogens is 438 g/mol. The van der Waals surface area contributed by atoms with E-state index < -0.39 is 0 Å². The standard InChI is InChI=1S/C23H23N7S2/c1-16(27-29-22(31)24-18-10-5-3-6-11-18)20-14-9-15-21(26-20)17(2)28-30-23(32)25-19-12-7-4-8-13-19/h3-15H,1-2H3,(H2,24,29,31)(H2,25,30,32)/b27-16+,28-17+. The smallest absolute Gasteiger partial charge is 0.191 e. The first kappa shape index (κ1) is 23.0. The van der Waals surface area contributed by atoms with E-state index in [0.29, 0.717) is 33.0 Å². The zero-order valence-corrected chi connectivity index (χ0v) is 19.3. The van der Waals surface area contributed by atoms with Crippen molar-refractivity contribution in [1.82, 2.24) is 15.8 Å². The fourth-order valence-electron chi connectivity index (χ4n) is 2.58. The average molecular weight is 462 g/mol. The third-order valence-corrected chi connectivity index (χ3v) is 4.59. The molecular formula is C23H23N7S2. The Morgan fingerprint density at radius 3 is 1.44 bits per heavy atom. The van der Waals surface area contributed by atoms with Gasteiger partial charge in [0.15, 0.2) is 10.2 Å². The van der Waals surface area contributed by atoms with E-state index in [-0.39, 0.29) is 0 Å². The molecule has 1 heterocycles. The number of anilines is 2. The van der Waals surface area contributed by atoms with Gasteiger partial charge in [0.25, 0.3) is 0 Å². The second-order valence-corrected chi connectivity index (χ2v) is 7.48.